The fourth-order valence-electron chi connectivity index (χ4n) is 3.40. The Morgan fingerprint density at radius 3 is 2.48 bits per heavy atom. The molecule has 0 radical (unpaired) electrons. The van der Waals surface area contributed by atoms with Gasteiger partial charge in [0.05, 0.1) is 10.6 Å². The summed E-state index contributed by atoms with van der Waals surface area (Å²) in [6.45, 7) is 1.69. The molecule has 1 fully saturated rings. The SMILES string of the molecule is O=C(NCCC(=O)N1CCC(c2ccccc2)CC1)c1ccc(F)cc1Cl. The lowest BCUT2D eigenvalue weighted by Gasteiger charge is -2.32. The van der Waals surface area contributed by atoms with Crippen LogP contribution in [-0.2, 0) is 4.79 Å². The second-order valence-corrected chi connectivity index (χ2v) is 7.10. The highest BCUT2D eigenvalue weighted by atomic mass is 35.5. The maximum absolute atomic E-state index is 13.0. The number of nitrogens with one attached hydrogen (secondary N) is 1. The third kappa shape index (κ3) is 5.07. The predicted molar refractivity (Wildman–Crippen MR) is 103 cm³/mol. The van der Waals surface area contributed by atoms with Gasteiger partial charge in [-0.25, -0.2) is 4.39 Å². The second-order valence-electron chi connectivity index (χ2n) is 6.70. The van der Waals surface area contributed by atoms with Gasteiger partial charge in [0.1, 0.15) is 5.82 Å². The number of amides is 2. The first-order valence-electron chi connectivity index (χ1n) is 9.10. The lowest BCUT2D eigenvalue weighted by Crippen LogP contribution is -2.39. The number of hydrogen-bond acceptors (Lipinski definition) is 2. The lowest BCUT2D eigenvalue weighted by atomic mass is 9.89. The highest BCUT2D eigenvalue weighted by Crippen LogP contribution is 2.27. The number of rotatable bonds is 5. The van der Waals surface area contributed by atoms with Crippen molar-refractivity contribution < 1.29 is 14.0 Å². The van der Waals surface area contributed by atoms with Crippen molar-refractivity contribution in [2.75, 3.05) is 19.6 Å². The summed E-state index contributed by atoms with van der Waals surface area (Å²) in [7, 11) is 0. The third-order valence-corrected chi connectivity index (χ3v) is 5.23. The lowest BCUT2D eigenvalue weighted by molar-refractivity contribution is -0.132. The van der Waals surface area contributed by atoms with Gasteiger partial charge >= 0.3 is 0 Å². The zero-order valence-electron chi connectivity index (χ0n) is 15.0. The van der Waals surface area contributed by atoms with Crippen molar-refractivity contribution in [1.82, 2.24) is 10.2 Å². The molecule has 3 rings (SSSR count). The number of piperidine rings is 1. The van der Waals surface area contributed by atoms with Gasteiger partial charge in [-0.3, -0.25) is 9.59 Å². The number of carbonyl (C=O) groups is 2. The highest BCUT2D eigenvalue weighted by Gasteiger charge is 2.23. The van der Waals surface area contributed by atoms with Crippen LogP contribution in [0.2, 0.25) is 5.02 Å². The van der Waals surface area contributed by atoms with Crippen LogP contribution in [0.4, 0.5) is 4.39 Å². The van der Waals surface area contributed by atoms with Crippen molar-refractivity contribution in [1.29, 1.82) is 0 Å². The first-order chi connectivity index (χ1) is 13.0. The van der Waals surface area contributed by atoms with Gasteiger partial charge in [0.25, 0.3) is 5.91 Å². The molecule has 1 aliphatic rings. The van der Waals surface area contributed by atoms with E-state index in [0.717, 1.165) is 32.0 Å². The Hall–Kier alpha value is -2.40. The van der Waals surface area contributed by atoms with E-state index in [4.69, 9.17) is 11.6 Å². The molecule has 2 aromatic rings. The summed E-state index contributed by atoms with van der Waals surface area (Å²) >= 11 is 5.88. The van der Waals surface area contributed by atoms with Crippen LogP contribution in [0.1, 0.15) is 41.1 Å². The standard InChI is InChI=1S/C21H22ClFN2O2/c22-19-14-17(23)6-7-18(19)21(27)24-11-8-20(26)25-12-9-16(10-13-25)15-4-2-1-3-5-15/h1-7,14,16H,8-13H2,(H,24,27). The molecular weight excluding hydrogens is 367 g/mol. The van der Waals surface area contributed by atoms with Gasteiger partial charge in [0.15, 0.2) is 0 Å². The molecule has 0 aliphatic carbocycles. The molecule has 0 spiro atoms. The molecule has 0 saturated carbocycles. The van der Waals surface area contributed by atoms with E-state index in [0.29, 0.717) is 5.92 Å². The van der Waals surface area contributed by atoms with E-state index in [1.807, 2.05) is 23.1 Å². The molecule has 2 amide bonds. The highest BCUT2D eigenvalue weighted by molar-refractivity contribution is 6.33. The van der Waals surface area contributed by atoms with Gasteiger partial charge in [-0.2, -0.15) is 0 Å². The molecule has 142 valence electrons. The molecule has 2 aromatic carbocycles. The van der Waals surface area contributed by atoms with Gasteiger partial charge < -0.3 is 10.2 Å². The second kappa shape index (κ2) is 9.00. The first-order valence-corrected chi connectivity index (χ1v) is 9.48. The van der Waals surface area contributed by atoms with Crippen LogP contribution in [0.5, 0.6) is 0 Å². The van der Waals surface area contributed by atoms with E-state index >= 15 is 0 Å². The molecule has 6 heteroatoms. The maximum atomic E-state index is 13.0. The molecule has 1 N–H and O–H groups in total. The molecule has 0 unspecified atom stereocenters. The summed E-state index contributed by atoms with van der Waals surface area (Å²) in [5, 5.41) is 2.73. The Balaban J connectivity index is 1.43. The molecule has 0 bridgehead atoms. The van der Waals surface area contributed by atoms with Crippen LogP contribution >= 0.6 is 11.6 Å². The van der Waals surface area contributed by atoms with Crippen molar-refractivity contribution in [3.63, 3.8) is 0 Å². The Kier molecular flexibility index (Phi) is 6.45. The quantitative estimate of drug-likeness (QED) is 0.841. The summed E-state index contributed by atoms with van der Waals surface area (Å²) in [5.41, 5.74) is 1.53. The Bertz CT molecular complexity index is 805. The smallest absolute Gasteiger partial charge is 0.252 e. The number of carbonyl (C=O) groups excluding carboxylic acids is 2. The molecule has 1 heterocycles. The molecule has 0 aromatic heterocycles. The Morgan fingerprint density at radius 1 is 1.11 bits per heavy atom. The monoisotopic (exact) mass is 388 g/mol. The van der Waals surface area contributed by atoms with E-state index < -0.39 is 11.7 Å². The first kappa shape index (κ1) is 19.4. The number of halogens is 2. The number of benzene rings is 2. The van der Waals surface area contributed by atoms with E-state index in [1.54, 1.807) is 0 Å². The van der Waals surface area contributed by atoms with Crippen LogP contribution in [0, 0.1) is 5.82 Å². The normalized spacial score (nSPS) is 14.8. The Labute approximate surface area is 163 Å². The summed E-state index contributed by atoms with van der Waals surface area (Å²) in [6.07, 6.45) is 2.14. The number of likely N-dealkylation sites (tertiary alicyclic amines) is 1. The minimum atomic E-state index is -0.495. The maximum Gasteiger partial charge on any atom is 0.252 e. The van der Waals surface area contributed by atoms with Crippen LogP contribution in [0.15, 0.2) is 48.5 Å². The molecule has 1 saturated heterocycles. The molecule has 4 nitrogen and oxygen atoms in total. The number of hydrogen-bond donors (Lipinski definition) is 1. The van der Waals surface area contributed by atoms with Crippen molar-refractivity contribution in [2.24, 2.45) is 0 Å². The predicted octanol–water partition coefficient (Wildman–Crippen LogP) is 4.01. The van der Waals surface area contributed by atoms with Crippen LogP contribution in [-0.4, -0.2) is 36.3 Å². The zero-order valence-corrected chi connectivity index (χ0v) is 15.7. The minimum Gasteiger partial charge on any atom is -0.351 e. The molecule has 0 atom stereocenters. The number of nitrogens with zero attached hydrogens (tertiary/aromatic N) is 1. The average Bonchev–Trinajstić information content (AvgIpc) is 2.68. The summed E-state index contributed by atoms with van der Waals surface area (Å²) in [4.78, 5) is 26.3. The average molecular weight is 389 g/mol. The van der Waals surface area contributed by atoms with E-state index in [-0.39, 0.29) is 29.5 Å². The van der Waals surface area contributed by atoms with Gasteiger partial charge in [-0.1, -0.05) is 41.9 Å². The van der Waals surface area contributed by atoms with Gasteiger partial charge in [0.2, 0.25) is 5.91 Å². The van der Waals surface area contributed by atoms with Crippen molar-refractivity contribution in [2.45, 2.75) is 25.2 Å². The van der Waals surface area contributed by atoms with Crippen LogP contribution in [0.3, 0.4) is 0 Å². The zero-order chi connectivity index (χ0) is 19.2. The van der Waals surface area contributed by atoms with Crippen molar-refractivity contribution >= 4 is 23.4 Å². The van der Waals surface area contributed by atoms with E-state index in [1.165, 1.54) is 17.7 Å². The molecule has 27 heavy (non-hydrogen) atoms. The fourth-order valence-corrected chi connectivity index (χ4v) is 3.65. The largest absolute Gasteiger partial charge is 0.351 e. The minimum absolute atomic E-state index is 0.0343. The van der Waals surface area contributed by atoms with E-state index in [2.05, 4.69) is 17.4 Å². The summed E-state index contributed by atoms with van der Waals surface area (Å²) in [6, 6.07) is 14.0. The molecule has 1 aliphatic heterocycles. The van der Waals surface area contributed by atoms with Gasteiger partial charge in [-0.05, 0) is 42.5 Å². The fraction of sp³-hybridized carbons (Fsp3) is 0.333. The van der Waals surface area contributed by atoms with Crippen LogP contribution < -0.4 is 5.32 Å². The van der Waals surface area contributed by atoms with Gasteiger partial charge in [0, 0.05) is 26.1 Å². The third-order valence-electron chi connectivity index (χ3n) is 4.92. The van der Waals surface area contributed by atoms with E-state index in [9.17, 15) is 14.0 Å². The topological polar surface area (TPSA) is 49.4 Å². The Morgan fingerprint density at radius 2 is 1.81 bits per heavy atom. The van der Waals surface area contributed by atoms with Crippen LogP contribution in [0.25, 0.3) is 0 Å². The summed E-state index contributed by atoms with van der Waals surface area (Å²) in [5.74, 6) is -0.371. The summed E-state index contributed by atoms with van der Waals surface area (Å²) < 4.78 is 13.0. The van der Waals surface area contributed by atoms with Crippen molar-refractivity contribution in [3.05, 3.63) is 70.5 Å². The van der Waals surface area contributed by atoms with Gasteiger partial charge in [-0.15, -0.1) is 0 Å². The van der Waals surface area contributed by atoms with Crippen molar-refractivity contribution in [3.8, 4) is 0 Å². The molecular formula is C21H22ClFN2O2.